The van der Waals surface area contributed by atoms with Gasteiger partial charge in [0.2, 0.25) is 0 Å². The number of amides is 1. The lowest BCUT2D eigenvalue weighted by Crippen LogP contribution is -2.38. The molecule has 128 valence electrons. The fourth-order valence-electron chi connectivity index (χ4n) is 3.19. The summed E-state index contributed by atoms with van der Waals surface area (Å²) in [5.74, 6) is -0.573. The smallest absolute Gasteiger partial charge is 0.251 e. The number of hydrogen-bond donors (Lipinski definition) is 1. The Morgan fingerprint density at radius 2 is 2.08 bits per heavy atom. The molecule has 1 aromatic carbocycles. The van der Waals surface area contributed by atoms with Crippen molar-refractivity contribution in [1.82, 2.24) is 15.1 Å². The zero-order valence-corrected chi connectivity index (χ0v) is 14.0. The molecule has 1 fully saturated rings. The van der Waals surface area contributed by atoms with Gasteiger partial charge < -0.3 is 10.1 Å². The molecule has 1 N–H and O–H groups in total. The molecular weight excluding hydrogens is 309 g/mol. The zero-order valence-electron chi connectivity index (χ0n) is 14.0. The van der Waals surface area contributed by atoms with Crippen molar-refractivity contribution in [3.05, 3.63) is 47.5 Å². The molecule has 0 saturated heterocycles. The Labute approximate surface area is 140 Å². The van der Waals surface area contributed by atoms with Crippen molar-refractivity contribution in [2.45, 2.75) is 44.7 Å². The van der Waals surface area contributed by atoms with Crippen LogP contribution in [0.2, 0.25) is 0 Å². The van der Waals surface area contributed by atoms with Crippen molar-refractivity contribution in [3.8, 4) is 5.75 Å². The van der Waals surface area contributed by atoms with Gasteiger partial charge in [-0.25, -0.2) is 4.39 Å². The van der Waals surface area contributed by atoms with Gasteiger partial charge in [0.05, 0.1) is 19.3 Å². The number of carbonyl (C=O) groups is 1. The molecule has 1 saturated carbocycles. The molecule has 1 aliphatic carbocycles. The Balaban J connectivity index is 1.57. The lowest BCUT2D eigenvalue weighted by Gasteiger charge is -2.29. The number of ether oxygens (including phenoxy) is 1. The highest BCUT2D eigenvalue weighted by atomic mass is 19.1. The quantitative estimate of drug-likeness (QED) is 0.935. The Hall–Kier alpha value is -2.37. The molecule has 5 nitrogen and oxygen atoms in total. The van der Waals surface area contributed by atoms with E-state index in [-0.39, 0.29) is 17.7 Å². The van der Waals surface area contributed by atoms with Crippen LogP contribution in [-0.4, -0.2) is 28.8 Å². The van der Waals surface area contributed by atoms with E-state index in [1.165, 1.54) is 25.3 Å². The van der Waals surface area contributed by atoms with Crippen LogP contribution in [0.15, 0.2) is 30.6 Å². The molecule has 0 atom stereocenters. The Morgan fingerprint density at radius 1 is 1.33 bits per heavy atom. The summed E-state index contributed by atoms with van der Waals surface area (Å²) in [6, 6.07) is 4.71. The molecule has 1 aliphatic rings. The zero-order chi connectivity index (χ0) is 17.1. The molecule has 2 aromatic rings. The number of aryl methyl sites for hydroxylation is 1. The first kappa shape index (κ1) is 16.5. The van der Waals surface area contributed by atoms with Crippen LogP contribution >= 0.6 is 0 Å². The maximum atomic E-state index is 13.4. The Morgan fingerprint density at radius 3 is 2.71 bits per heavy atom. The van der Waals surface area contributed by atoms with Gasteiger partial charge in [-0.2, -0.15) is 5.10 Å². The highest BCUT2D eigenvalue weighted by Crippen LogP contribution is 2.28. The number of hydrogen-bond acceptors (Lipinski definition) is 3. The van der Waals surface area contributed by atoms with E-state index in [4.69, 9.17) is 4.74 Å². The second-order valence-electron chi connectivity index (χ2n) is 6.33. The monoisotopic (exact) mass is 331 g/mol. The average molecular weight is 331 g/mol. The van der Waals surface area contributed by atoms with Gasteiger partial charge in [0, 0.05) is 17.8 Å². The second kappa shape index (κ2) is 7.03. The Kier molecular flexibility index (Phi) is 4.83. The predicted molar refractivity (Wildman–Crippen MR) is 88.7 cm³/mol. The van der Waals surface area contributed by atoms with E-state index in [0.29, 0.717) is 11.6 Å². The summed E-state index contributed by atoms with van der Waals surface area (Å²) in [7, 11) is 1.39. The molecule has 0 unspecified atom stereocenters. The number of halogens is 1. The van der Waals surface area contributed by atoms with Crippen LogP contribution in [0, 0.1) is 12.7 Å². The van der Waals surface area contributed by atoms with Crippen molar-refractivity contribution in [2.24, 2.45) is 0 Å². The normalized spacial score (nSPS) is 20.6. The number of rotatable bonds is 4. The Bertz CT molecular complexity index is 721. The number of nitrogens with zero attached hydrogens (tertiary/aromatic N) is 2. The fraction of sp³-hybridized carbons (Fsp3) is 0.444. The molecule has 0 spiro atoms. The molecule has 1 amide bonds. The summed E-state index contributed by atoms with van der Waals surface area (Å²) < 4.78 is 20.4. The number of methoxy groups -OCH3 is 1. The minimum Gasteiger partial charge on any atom is -0.494 e. The van der Waals surface area contributed by atoms with E-state index >= 15 is 0 Å². The van der Waals surface area contributed by atoms with Crippen LogP contribution < -0.4 is 10.1 Å². The van der Waals surface area contributed by atoms with Crippen LogP contribution in [0.25, 0.3) is 0 Å². The molecule has 1 heterocycles. The van der Waals surface area contributed by atoms with Crippen LogP contribution in [0.4, 0.5) is 4.39 Å². The highest BCUT2D eigenvalue weighted by molar-refractivity contribution is 5.94. The summed E-state index contributed by atoms with van der Waals surface area (Å²) in [5, 5.41) is 7.42. The summed E-state index contributed by atoms with van der Waals surface area (Å²) in [6.07, 6.45) is 7.73. The highest BCUT2D eigenvalue weighted by Gasteiger charge is 2.24. The van der Waals surface area contributed by atoms with Gasteiger partial charge in [0.15, 0.2) is 11.6 Å². The third-order valence-electron chi connectivity index (χ3n) is 4.55. The molecule has 1 aromatic heterocycles. The maximum Gasteiger partial charge on any atom is 0.251 e. The van der Waals surface area contributed by atoms with Crippen molar-refractivity contribution >= 4 is 5.91 Å². The fourth-order valence-corrected chi connectivity index (χ4v) is 3.19. The lowest BCUT2D eigenvalue weighted by atomic mass is 9.91. The van der Waals surface area contributed by atoms with Crippen LogP contribution in [0.3, 0.4) is 0 Å². The van der Waals surface area contributed by atoms with Crippen molar-refractivity contribution in [1.29, 1.82) is 0 Å². The van der Waals surface area contributed by atoms with Gasteiger partial charge in [-0.15, -0.1) is 0 Å². The summed E-state index contributed by atoms with van der Waals surface area (Å²) in [5.41, 5.74) is 1.58. The van der Waals surface area contributed by atoms with Crippen molar-refractivity contribution < 1.29 is 13.9 Å². The van der Waals surface area contributed by atoms with E-state index in [1.54, 1.807) is 0 Å². The SMILES string of the molecule is COc1cc(C(=O)NC2CCC(n3cc(C)cn3)CC2)ccc1F. The van der Waals surface area contributed by atoms with Crippen LogP contribution in [0.1, 0.15) is 47.6 Å². The van der Waals surface area contributed by atoms with Crippen LogP contribution in [0.5, 0.6) is 5.75 Å². The molecule has 0 aliphatic heterocycles. The maximum absolute atomic E-state index is 13.4. The van der Waals surface area contributed by atoms with Gasteiger partial charge >= 0.3 is 0 Å². The standard InChI is InChI=1S/C18H22FN3O2/c1-12-10-20-22(11-12)15-6-4-14(5-7-15)21-18(23)13-3-8-16(19)17(9-13)24-2/h3,8-11,14-15H,4-7H2,1-2H3,(H,21,23). The topological polar surface area (TPSA) is 56.1 Å². The largest absolute Gasteiger partial charge is 0.494 e. The van der Waals surface area contributed by atoms with Crippen molar-refractivity contribution in [3.63, 3.8) is 0 Å². The first-order valence-corrected chi connectivity index (χ1v) is 8.22. The third kappa shape index (κ3) is 3.58. The summed E-state index contributed by atoms with van der Waals surface area (Å²) in [4.78, 5) is 12.3. The average Bonchev–Trinajstić information content (AvgIpc) is 3.02. The molecule has 6 heteroatoms. The first-order chi connectivity index (χ1) is 11.6. The minimum absolute atomic E-state index is 0.0837. The molecule has 0 bridgehead atoms. The van der Waals surface area contributed by atoms with Gasteiger partial charge in [-0.05, 0) is 56.4 Å². The van der Waals surface area contributed by atoms with E-state index in [0.717, 1.165) is 31.2 Å². The number of benzene rings is 1. The van der Waals surface area contributed by atoms with Crippen molar-refractivity contribution in [2.75, 3.05) is 7.11 Å². The van der Waals surface area contributed by atoms with E-state index in [2.05, 4.69) is 16.6 Å². The summed E-state index contributed by atoms with van der Waals surface area (Å²) in [6.45, 7) is 2.03. The summed E-state index contributed by atoms with van der Waals surface area (Å²) >= 11 is 0. The second-order valence-corrected chi connectivity index (χ2v) is 6.33. The number of aromatic nitrogens is 2. The van der Waals surface area contributed by atoms with E-state index in [9.17, 15) is 9.18 Å². The molecule has 24 heavy (non-hydrogen) atoms. The van der Waals surface area contributed by atoms with E-state index in [1.807, 2.05) is 17.8 Å². The van der Waals surface area contributed by atoms with E-state index < -0.39 is 5.82 Å². The van der Waals surface area contributed by atoms with Gasteiger partial charge in [-0.3, -0.25) is 9.48 Å². The van der Waals surface area contributed by atoms with Gasteiger partial charge in [0.25, 0.3) is 5.91 Å². The number of carbonyl (C=O) groups excluding carboxylic acids is 1. The minimum atomic E-state index is -0.468. The molecule has 3 rings (SSSR count). The third-order valence-corrected chi connectivity index (χ3v) is 4.55. The van der Waals surface area contributed by atoms with Gasteiger partial charge in [-0.1, -0.05) is 0 Å². The predicted octanol–water partition coefficient (Wildman–Crippen LogP) is 3.25. The molecular formula is C18H22FN3O2. The lowest BCUT2D eigenvalue weighted by molar-refractivity contribution is 0.0921. The first-order valence-electron chi connectivity index (χ1n) is 8.22. The number of nitrogens with one attached hydrogen (secondary N) is 1. The molecule has 0 radical (unpaired) electrons. The van der Waals surface area contributed by atoms with Gasteiger partial charge in [0.1, 0.15) is 0 Å². The van der Waals surface area contributed by atoms with Crippen LogP contribution in [-0.2, 0) is 0 Å².